The standard InChI is InChI=1S/C21H22N4O2S/c1-14-18(12-19(26)23-13-16-8-10-22-11-9-16)20(27)25-21(24-14)28-15(2)17-6-4-3-5-7-17/h3-11,15H,12-13H2,1-2H3,(H,23,26)(H,24,25,27). The summed E-state index contributed by atoms with van der Waals surface area (Å²) in [5, 5.41) is 3.52. The highest BCUT2D eigenvalue weighted by Gasteiger charge is 2.15. The molecule has 1 aromatic carbocycles. The molecule has 0 spiro atoms. The highest BCUT2D eigenvalue weighted by atomic mass is 32.2. The Hall–Kier alpha value is -2.93. The van der Waals surface area contributed by atoms with Gasteiger partial charge >= 0.3 is 0 Å². The van der Waals surface area contributed by atoms with Gasteiger partial charge in [-0.05, 0) is 37.1 Å². The summed E-state index contributed by atoms with van der Waals surface area (Å²) >= 11 is 1.49. The first-order valence-corrected chi connectivity index (χ1v) is 9.88. The number of aryl methyl sites for hydroxylation is 1. The SMILES string of the molecule is Cc1nc(SC(C)c2ccccc2)[nH]c(=O)c1CC(=O)NCc1ccncc1. The Morgan fingerprint density at radius 2 is 1.89 bits per heavy atom. The number of benzene rings is 1. The number of H-pyrrole nitrogens is 1. The summed E-state index contributed by atoms with van der Waals surface area (Å²) in [6.45, 7) is 4.22. The Morgan fingerprint density at radius 3 is 2.57 bits per heavy atom. The van der Waals surface area contributed by atoms with Crippen LogP contribution in [0.5, 0.6) is 0 Å². The van der Waals surface area contributed by atoms with Gasteiger partial charge in [0.2, 0.25) is 5.91 Å². The van der Waals surface area contributed by atoms with Crippen LogP contribution in [-0.2, 0) is 17.8 Å². The van der Waals surface area contributed by atoms with Crippen LogP contribution in [0.15, 0.2) is 64.8 Å². The fraction of sp³-hybridized carbons (Fsp3) is 0.238. The van der Waals surface area contributed by atoms with Crippen LogP contribution in [0.1, 0.15) is 34.6 Å². The van der Waals surface area contributed by atoms with E-state index in [1.54, 1.807) is 19.3 Å². The number of nitrogens with one attached hydrogen (secondary N) is 2. The highest BCUT2D eigenvalue weighted by molar-refractivity contribution is 7.99. The molecule has 1 amide bonds. The largest absolute Gasteiger partial charge is 0.352 e. The van der Waals surface area contributed by atoms with E-state index in [1.165, 1.54) is 11.8 Å². The lowest BCUT2D eigenvalue weighted by Gasteiger charge is -2.12. The summed E-state index contributed by atoms with van der Waals surface area (Å²) in [7, 11) is 0. The van der Waals surface area contributed by atoms with Crippen LogP contribution >= 0.6 is 11.8 Å². The van der Waals surface area contributed by atoms with Gasteiger partial charge in [-0.2, -0.15) is 0 Å². The molecule has 0 aliphatic heterocycles. The second-order valence-corrected chi connectivity index (χ2v) is 7.74. The molecule has 2 heterocycles. The second-order valence-electron chi connectivity index (χ2n) is 6.41. The number of rotatable bonds is 7. The number of pyridine rings is 1. The van der Waals surface area contributed by atoms with E-state index in [9.17, 15) is 9.59 Å². The van der Waals surface area contributed by atoms with Crippen molar-refractivity contribution < 1.29 is 4.79 Å². The average Bonchev–Trinajstić information content (AvgIpc) is 2.70. The predicted octanol–water partition coefficient (Wildman–Crippen LogP) is 3.19. The third-order valence-electron chi connectivity index (χ3n) is 4.33. The smallest absolute Gasteiger partial charge is 0.255 e. The Kier molecular flexibility index (Phi) is 6.60. The van der Waals surface area contributed by atoms with E-state index >= 15 is 0 Å². The van der Waals surface area contributed by atoms with E-state index in [2.05, 4.69) is 27.2 Å². The molecule has 7 heteroatoms. The molecule has 0 aliphatic carbocycles. The molecule has 0 saturated carbocycles. The van der Waals surface area contributed by atoms with Crippen LogP contribution in [0.3, 0.4) is 0 Å². The van der Waals surface area contributed by atoms with Crippen molar-refractivity contribution in [3.05, 3.63) is 87.6 Å². The molecule has 0 bridgehead atoms. The summed E-state index contributed by atoms with van der Waals surface area (Å²) in [6.07, 6.45) is 3.35. The van der Waals surface area contributed by atoms with E-state index in [-0.39, 0.29) is 23.1 Å². The lowest BCUT2D eigenvalue weighted by molar-refractivity contribution is -0.120. The van der Waals surface area contributed by atoms with Crippen molar-refractivity contribution in [3.63, 3.8) is 0 Å². The molecule has 144 valence electrons. The Morgan fingerprint density at radius 1 is 1.18 bits per heavy atom. The third-order valence-corrected chi connectivity index (χ3v) is 5.38. The molecule has 0 saturated heterocycles. The molecule has 6 nitrogen and oxygen atoms in total. The van der Waals surface area contributed by atoms with Gasteiger partial charge in [0.15, 0.2) is 5.16 Å². The maximum absolute atomic E-state index is 12.5. The van der Waals surface area contributed by atoms with E-state index in [0.29, 0.717) is 23.0 Å². The normalized spacial score (nSPS) is 11.8. The lowest BCUT2D eigenvalue weighted by Crippen LogP contribution is -2.28. The minimum atomic E-state index is -0.269. The van der Waals surface area contributed by atoms with Crippen LogP contribution in [0, 0.1) is 6.92 Å². The number of thioether (sulfide) groups is 1. The number of carbonyl (C=O) groups is 1. The van der Waals surface area contributed by atoms with Crippen LogP contribution < -0.4 is 10.9 Å². The first-order valence-electron chi connectivity index (χ1n) is 9.00. The summed E-state index contributed by atoms with van der Waals surface area (Å²) < 4.78 is 0. The van der Waals surface area contributed by atoms with Gasteiger partial charge in [0, 0.05) is 35.4 Å². The number of aromatic nitrogens is 3. The van der Waals surface area contributed by atoms with Crippen molar-refractivity contribution in [1.29, 1.82) is 0 Å². The quantitative estimate of drug-likeness (QED) is 0.475. The fourth-order valence-corrected chi connectivity index (χ4v) is 3.70. The van der Waals surface area contributed by atoms with Gasteiger partial charge in [0.1, 0.15) is 0 Å². The summed E-state index contributed by atoms with van der Waals surface area (Å²) in [5.74, 6) is -0.217. The van der Waals surface area contributed by atoms with Gasteiger partial charge in [-0.25, -0.2) is 4.98 Å². The fourth-order valence-electron chi connectivity index (χ4n) is 2.73. The molecular weight excluding hydrogens is 372 g/mol. The Balaban J connectivity index is 1.64. The van der Waals surface area contributed by atoms with Crippen molar-refractivity contribution in [1.82, 2.24) is 20.3 Å². The van der Waals surface area contributed by atoms with Gasteiger partial charge in [0.05, 0.1) is 6.42 Å². The zero-order valence-corrected chi connectivity index (χ0v) is 16.6. The van der Waals surface area contributed by atoms with Crippen molar-refractivity contribution in [2.75, 3.05) is 0 Å². The van der Waals surface area contributed by atoms with Crippen molar-refractivity contribution in [2.45, 2.75) is 37.2 Å². The maximum atomic E-state index is 12.5. The van der Waals surface area contributed by atoms with Crippen molar-refractivity contribution in [2.24, 2.45) is 0 Å². The molecule has 2 N–H and O–H groups in total. The Bertz CT molecular complexity index is 990. The molecule has 1 unspecified atom stereocenters. The van der Waals surface area contributed by atoms with Crippen LogP contribution in [-0.4, -0.2) is 20.9 Å². The maximum Gasteiger partial charge on any atom is 0.255 e. The molecular formula is C21H22N4O2S. The molecule has 1 atom stereocenters. The van der Waals surface area contributed by atoms with Crippen LogP contribution in [0.25, 0.3) is 0 Å². The number of hydrogen-bond donors (Lipinski definition) is 2. The number of amides is 1. The summed E-state index contributed by atoms with van der Waals surface area (Å²) in [4.78, 5) is 36.0. The molecule has 2 aromatic heterocycles. The second kappa shape index (κ2) is 9.32. The first kappa shape index (κ1) is 19.8. The van der Waals surface area contributed by atoms with E-state index in [1.807, 2.05) is 42.5 Å². The topological polar surface area (TPSA) is 87.7 Å². The predicted molar refractivity (Wildman–Crippen MR) is 110 cm³/mol. The molecule has 0 radical (unpaired) electrons. The number of hydrogen-bond acceptors (Lipinski definition) is 5. The van der Waals surface area contributed by atoms with Gasteiger partial charge in [-0.1, -0.05) is 42.1 Å². The Labute approximate surface area is 167 Å². The van der Waals surface area contributed by atoms with Crippen molar-refractivity contribution in [3.8, 4) is 0 Å². The van der Waals surface area contributed by atoms with Crippen LogP contribution in [0.2, 0.25) is 0 Å². The van der Waals surface area contributed by atoms with Gasteiger partial charge < -0.3 is 10.3 Å². The van der Waals surface area contributed by atoms with Gasteiger partial charge in [0.25, 0.3) is 5.56 Å². The summed E-state index contributed by atoms with van der Waals surface area (Å²) in [5.41, 5.74) is 2.81. The van der Waals surface area contributed by atoms with E-state index in [0.717, 1.165) is 11.1 Å². The number of nitrogens with zero attached hydrogens (tertiary/aromatic N) is 2. The zero-order chi connectivity index (χ0) is 19.9. The molecule has 0 aliphatic rings. The first-order chi connectivity index (χ1) is 13.5. The third kappa shape index (κ3) is 5.29. The monoisotopic (exact) mass is 394 g/mol. The average molecular weight is 395 g/mol. The number of carbonyl (C=O) groups excluding carboxylic acids is 1. The van der Waals surface area contributed by atoms with E-state index in [4.69, 9.17) is 0 Å². The lowest BCUT2D eigenvalue weighted by atomic mass is 10.1. The molecule has 0 fully saturated rings. The minimum Gasteiger partial charge on any atom is -0.352 e. The molecule has 28 heavy (non-hydrogen) atoms. The van der Waals surface area contributed by atoms with Crippen LogP contribution in [0.4, 0.5) is 0 Å². The highest BCUT2D eigenvalue weighted by Crippen LogP contribution is 2.32. The number of aromatic amines is 1. The van der Waals surface area contributed by atoms with Gasteiger partial charge in [-0.15, -0.1) is 0 Å². The van der Waals surface area contributed by atoms with E-state index < -0.39 is 0 Å². The van der Waals surface area contributed by atoms with Crippen molar-refractivity contribution >= 4 is 17.7 Å². The zero-order valence-electron chi connectivity index (χ0n) is 15.8. The van der Waals surface area contributed by atoms with Gasteiger partial charge in [-0.3, -0.25) is 14.6 Å². The minimum absolute atomic E-state index is 0.00155. The molecule has 3 aromatic rings. The molecule has 3 rings (SSSR count). The summed E-state index contributed by atoms with van der Waals surface area (Å²) in [6, 6.07) is 13.7.